The van der Waals surface area contributed by atoms with Gasteiger partial charge in [-0.05, 0) is 32.6 Å². The third-order valence-electron chi connectivity index (χ3n) is 3.14. The van der Waals surface area contributed by atoms with Crippen molar-refractivity contribution in [3.05, 3.63) is 0 Å². The first-order valence-corrected chi connectivity index (χ1v) is 6.35. The van der Waals surface area contributed by atoms with Gasteiger partial charge in [0.1, 0.15) is 12.5 Å². The van der Waals surface area contributed by atoms with E-state index < -0.39 is 0 Å². The molecule has 1 atom stereocenters. The molecule has 0 aromatic heterocycles. The minimum absolute atomic E-state index is 0.0454. The fourth-order valence-electron chi connectivity index (χ4n) is 1.92. The number of nitrogens with two attached hydrogens (primary N) is 1. The van der Waals surface area contributed by atoms with Crippen molar-refractivity contribution < 1.29 is 0 Å². The molecule has 0 spiro atoms. The van der Waals surface area contributed by atoms with Crippen LogP contribution in [0.4, 0.5) is 0 Å². The number of hydrogen-bond donors (Lipinski definition) is 2. The van der Waals surface area contributed by atoms with Crippen LogP contribution in [0.5, 0.6) is 0 Å². The van der Waals surface area contributed by atoms with Gasteiger partial charge >= 0.3 is 0 Å². The molecule has 0 bridgehead atoms. The maximum atomic E-state index is 5.75. The number of hydrazone groups is 1. The Bertz CT molecular complexity index is 306. The van der Waals surface area contributed by atoms with Crippen molar-refractivity contribution in [3.63, 3.8) is 0 Å². The Balaban J connectivity index is 2.61. The van der Waals surface area contributed by atoms with Gasteiger partial charge in [0.15, 0.2) is 0 Å². The predicted octanol–water partition coefficient (Wildman–Crippen LogP) is 0.307. The second kappa shape index (κ2) is 7.81. The third-order valence-corrected chi connectivity index (χ3v) is 3.14. The minimum atomic E-state index is 0.0454. The van der Waals surface area contributed by atoms with Gasteiger partial charge in [0.25, 0.3) is 0 Å². The Kier molecular flexibility index (Phi) is 6.35. The molecule has 0 aromatic carbocycles. The molecule has 1 saturated heterocycles. The zero-order chi connectivity index (χ0) is 13.4. The quantitative estimate of drug-likeness (QED) is 0.405. The molecule has 1 fully saturated rings. The summed E-state index contributed by atoms with van der Waals surface area (Å²) in [5.74, 6) is 0.639. The summed E-state index contributed by atoms with van der Waals surface area (Å²) in [6.07, 6.45) is 3.99. The highest BCUT2D eigenvalue weighted by Crippen LogP contribution is 2.12. The average molecular weight is 252 g/mol. The maximum absolute atomic E-state index is 5.75. The number of amidine groups is 1. The molecule has 0 aromatic rings. The fourth-order valence-corrected chi connectivity index (χ4v) is 1.92. The van der Waals surface area contributed by atoms with E-state index in [0.29, 0.717) is 18.5 Å². The van der Waals surface area contributed by atoms with Gasteiger partial charge in [-0.1, -0.05) is 6.92 Å². The normalized spacial score (nSPS) is 20.0. The van der Waals surface area contributed by atoms with Crippen LogP contribution in [-0.2, 0) is 0 Å². The molecule has 0 aliphatic carbocycles. The highest BCUT2D eigenvalue weighted by atomic mass is 15.5. The van der Waals surface area contributed by atoms with E-state index in [1.165, 1.54) is 0 Å². The zero-order valence-electron chi connectivity index (χ0n) is 11.3. The number of rotatable bonds is 6. The zero-order valence-corrected chi connectivity index (χ0v) is 11.3. The second-order valence-corrected chi connectivity index (χ2v) is 4.49. The van der Waals surface area contributed by atoms with E-state index in [1.807, 2.05) is 18.1 Å². The summed E-state index contributed by atoms with van der Waals surface area (Å²) in [5, 5.41) is 9.83. The standard InChI is InChI=1S/C12H24N6/c1-10(12(13)15-3)8-17-18(9-14-2)11-4-6-16-7-5-11/h8,10-11,16H,2,4-7,9H2,1,3H3,(H2,13,15)/b17-8-. The number of nitrogens with one attached hydrogen (secondary N) is 1. The van der Waals surface area contributed by atoms with Crippen molar-refractivity contribution in [1.82, 2.24) is 10.3 Å². The van der Waals surface area contributed by atoms with Crippen molar-refractivity contribution in [1.29, 1.82) is 0 Å². The lowest BCUT2D eigenvalue weighted by Gasteiger charge is -2.31. The highest BCUT2D eigenvalue weighted by Gasteiger charge is 2.19. The van der Waals surface area contributed by atoms with Crippen molar-refractivity contribution in [2.75, 3.05) is 26.8 Å². The molecule has 1 rings (SSSR count). The van der Waals surface area contributed by atoms with Crippen LogP contribution >= 0.6 is 0 Å². The first-order valence-electron chi connectivity index (χ1n) is 6.35. The van der Waals surface area contributed by atoms with Crippen LogP contribution in [0.1, 0.15) is 19.8 Å². The molecule has 1 aliphatic heterocycles. The number of aliphatic imine (C=N–C) groups is 2. The minimum Gasteiger partial charge on any atom is -0.387 e. The first-order chi connectivity index (χ1) is 8.69. The van der Waals surface area contributed by atoms with Crippen molar-refractivity contribution in [2.45, 2.75) is 25.8 Å². The van der Waals surface area contributed by atoms with E-state index in [1.54, 1.807) is 7.05 Å². The van der Waals surface area contributed by atoms with E-state index in [9.17, 15) is 0 Å². The number of nitrogens with zero attached hydrogens (tertiary/aromatic N) is 4. The molecule has 102 valence electrons. The van der Waals surface area contributed by atoms with Crippen LogP contribution in [0.3, 0.4) is 0 Å². The Morgan fingerprint density at radius 2 is 2.22 bits per heavy atom. The van der Waals surface area contributed by atoms with E-state index in [4.69, 9.17) is 5.73 Å². The van der Waals surface area contributed by atoms with Crippen LogP contribution in [-0.4, -0.2) is 56.6 Å². The van der Waals surface area contributed by atoms with Crippen LogP contribution in [0, 0.1) is 5.92 Å². The van der Waals surface area contributed by atoms with Crippen molar-refractivity contribution in [3.8, 4) is 0 Å². The van der Waals surface area contributed by atoms with Crippen molar-refractivity contribution >= 4 is 18.8 Å². The van der Waals surface area contributed by atoms with Crippen LogP contribution < -0.4 is 11.1 Å². The molecule has 18 heavy (non-hydrogen) atoms. The van der Waals surface area contributed by atoms with Gasteiger partial charge in [0, 0.05) is 13.3 Å². The molecular formula is C12H24N6. The average Bonchev–Trinajstić information content (AvgIpc) is 2.43. The summed E-state index contributed by atoms with van der Waals surface area (Å²) in [5.41, 5.74) is 5.75. The summed E-state index contributed by atoms with van der Waals surface area (Å²) >= 11 is 0. The fraction of sp³-hybridized carbons (Fsp3) is 0.750. The van der Waals surface area contributed by atoms with Crippen LogP contribution in [0.2, 0.25) is 0 Å². The highest BCUT2D eigenvalue weighted by molar-refractivity contribution is 5.95. The van der Waals surface area contributed by atoms with Crippen molar-refractivity contribution in [2.24, 2.45) is 26.7 Å². The number of hydrogen-bond acceptors (Lipinski definition) is 5. The third kappa shape index (κ3) is 4.44. The molecule has 0 amide bonds. The monoisotopic (exact) mass is 252 g/mol. The van der Waals surface area contributed by atoms with Gasteiger partial charge in [-0.15, -0.1) is 0 Å². The summed E-state index contributed by atoms with van der Waals surface area (Å²) < 4.78 is 0. The first kappa shape index (κ1) is 14.6. The van der Waals surface area contributed by atoms with Gasteiger partial charge < -0.3 is 11.1 Å². The molecule has 6 nitrogen and oxygen atoms in total. The van der Waals surface area contributed by atoms with E-state index in [-0.39, 0.29) is 5.92 Å². The second-order valence-electron chi connectivity index (χ2n) is 4.49. The molecule has 1 aliphatic rings. The molecule has 6 heteroatoms. The summed E-state index contributed by atoms with van der Waals surface area (Å²) in [4.78, 5) is 7.90. The lowest BCUT2D eigenvalue weighted by Crippen LogP contribution is -2.41. The van der Waals surface area contributed by atoms with Crippen LogP contribution in [0.25, 0.3) is 0 Å². The summed E-state index contributed by atoms with van der Waals surface area (Å²) in [6, 6.07) is 0.431. The molecule has 1 unspecified atom stereocenters. The topological polar surface area (TPSA) is 78.4 Å². The lowest BCUT2D eigenvalue weighted by atomic mass is 10.1. The lowest BCUT2D eigenvalue weighted by molar-refractivity contribution is 0.174. The van der Waals surface area contributed by atoms with Crippen LogP contribution in [0.15, 0.2) is 15.1 Å². The van der Waals surface area contributed by atoms with Gasteiger partial charge in [-0.25, -0.2) is 0 Å². The van der Waals surface area contributed by atoms with E-state index in [0.717, 1.165) is 25.9 Å². The Hall–Kier alpha value is -1.43. The Morgan fingerprint density at radius 1 is 1.56 bits per heavy atom. The summed E-state index contributed by atoms with van der Waals surface area (Å²) in [7, 11) is 1.69. The SMILES string of the molecule is C=NCN(/N=C\C(C)C(N)=NC)C1CCNCC1. The molecule has 0 radical (unpaired) electrons. The van der Waals surface area contributed by atoms with Gasteiger partial charge in [0.05, 0.1) is 12.0 Å². The maximum Gasteiger partial charge on any atom is 0.125 e. The predicted molar refractivity (Wildman–Crippen MR) is 77.3 cm³/mol. The van der Waals surface area contributed by atoms with E-state index >= 15 is 0 Å². The Morgan fingerprint density at radius 3 is 2.78 bits per heavy atom. The largest absolute Gasteiger partial charge is 0.387 e. The van der Waals surface area contributed by atoms with Gasteiger partial charge in [-0.3, -0.25) is 15.0 Å². The summed E-state index contributed by atoms with van der Waals surface area (Å²) in [6.45, 7) is 8.11. The molecule has 1 heterocycles. The van der Waals surface area contributed by atoms with Gasteiger partial charge in [0.2, 0.25) is 0 Å². The smallest absolute Gasteiger partial charge is 0.125 e. The molecule has 0 saturated carbocycles. The number of piperidine rings is 1. The molecular weight excluding hydrogens is 228 g/mol. The van der Waals surface area contributed by atoms with E-state index in [2.05, 4.69) is 27.1 Å². The molecule has 3 N–H and O–H groups in total. The van der Waals surface area contributed by atoms with Gasteiger partial charge in [-0.2, -0.15) is 5.10 Å². The Labute approximate surface area is 109 Å².